The van der Waals surface area contributed by atoms with Crippen molar-refractivity contribution in [2.45, 2.75) is 6.92 Å². The monoisotopic (exact) mass is 539 g/mol. The summed E-state index contributed by atoms with van der Waals surface area (Å²) in [5.41, 5.74) is 3.51. The molecule has 0 spiro atoms. The summed E-state index contributed by atoms with van der Waals surface area (Å²) >= 11 is 3.29. The molecule has 180 valence electrons. The van der Waals surface area contributed by atoms with Gasteiger partial charge < -0.3 is 19.5 Å². The lowest BCUT2D eigenvalue weighted by Gasteiger charge is -2.10. The van der Waals surface area contributed by atoms with Gasteiger partial charge in [-0.1, -0.05) is 15.9 Å². The number of rotatable bonds is 8. The minimum absolute atomic E-state index is 0.210. The molecule has 2 N–H and O–H groups in total. The summed E-state index contributed by atoms with van der Waals surface area (Å²) in [6.07, 6.45) is 1.32. The number of hydrogen-bond donors (Lipinski definition) is 2. The highest BCUT2D eigenvalue weighted by Gasteiger charge is 2.14. The molecule has 0 aliphatic rings. The highest BCUT2D eigenvalue weighted by Crippen LogP contribution is 2.28. The number of anilines is 1. The van der Waals surface area contributed by atoms with Crippen LogP contribution in [0.15, 0.2) is 76.3 Å². The van der Waals surface area contributed by atoms with Crippen molar-refractivity contribution in [3.05, 3.63) is 82.3 Å². The lowest BCUT2D eigenvalue weighted by atomic mass is 10.2. The van der Waals surface area contributed by atoms with Gasteiger partial charge in [-0.2, -0.15) is 5.10 Å². The molecule has 9 nitrogen and oxygen atoms in total. The summed E-state index contributed by atoms with van der Waals surface area (Å²) in [6, 6.07) is 18.1. The van der Waals surface area contributed by atoms with Crippen molar-refractivity contribution < 1.29 is 28.6 Å². The molecule has 0 heterocycles. The van der Waals surface area contributed by atoms with Gasteiger partial charge >= 0.3 is 17.8 Å². The third-order valence-corrected chi connectivity index (χ3v) is 5.01. The lowest BCUT2D eigenvalue weighted by molar-refractivity contribution is -0.136. The second kappa shape index (κ2) is 12.3. The molecule has 35 heavy (non-hydrogen) atoms. The molecular weight excluding hydrogens is 518 g/mol. The van der Waals surface area contributed by atoms with Crippen LogP contribution in [0.2, 0.25) is 0 Å². The number of carbonyl (C=O) groups excluding carboxylic acids is 3. The van der Waals surface area contributed by atoms with E-state index in [2.05, 4.69) is 31.8 Å². The van der Waals surface area contributed by atoms with Crippen LogP contribution in [0.1, 0.15) is 22.8 Å². The molecule has 0 unspecified atom stereocenters. The number of nitrogens with one attached hydrogen (secondary N) is 2. The smallest absolute Gasteiger partial charge is 0.343 e. The van der Waals surface area contributed by atoms with E-state index in [0.717, 1.165) is 4.47 Å². The van der Waals surface area contributed by atoms with Gasteiger partial charge in [-0.15, -0.1) is 0 Å². The van der Waals surface area contributed by atoms with Gasteiger partial charge in [0.2, 0.25) is 0 Å². The predicted octanol–water partition coefficient (Wildman–Crippen LogP) is 4.16. The van der Waals surface area contributed by atoms with Crippen LogP contribution < -0.4 is 25.0 Å². The Hall–Kier alpha value is -4.18. The SMILES string of the molecule is CCOc1ccc(C(=O)Oc2ccc(/C=N/NC(=O)C(=O)Nc3ccc(Br)cc3)cc2OC)cc1. The van der Waals surface area contributed by atoms with E-state index in [9.17, 15) is 14.4 Å². The zero-order chi connectivity index (χ0) is 25.2. The van der Waals surface area contributed by atoms with Crippen LogP contribution in [0, 0.1) is 0 Å². The molecule has 0 radical (unpaired) electrons. The van der Waals surface area contributed by atoms with Crippen molar-refractivity contribution in [2.24, 2.45) is 5.10 Å². The standard InChI is InChI=1S/C25H22BrN3O6/c1-3-34-20-11-5-17(6-12-20)25(32)35-21-13-4-16(14-22(21)33-2)15-27-29-24(31)23(30)28-19-9-7-18(26)8-10-19/h4-15H,3H2,1-2H3,(H,28,30)(H,29,31)/b27-15+. The van der Waals surface area contributed by atoms with E-state index in [1.54, 1.807) is 60.7 Å². The lowest BCUT2D eigenvalue weighted by Crippen LogP contribution is -2.32. The second-order valence-electron chi connectivity index (χ2n) is 6.92. The maximum absolute atomic E-state index is 12.5. The van der Waals surface area contributed by atoms with E-state index in [1.165, 1.54) is 19.4 Å². The quantitative estimate of drug-likeness (QED) is 0.146. The number of ether oxygens (including phenoxy) is 3. The van der Waals surface area contributed by atoms with E-state index in [0.29, 0.717) is 29.2 Å². The Kier molecular flexibility index (Phi) is 8.96. The number of esters is 1. The Balaban J connectivity index is 1.58. The summed E-state index contributed by atoms with van der Waals surface area (Å²) in [6.45, 7) is 2.40. The van der Waals surface area contributed by atoms with Crippen molar-refractivity contribution in [3.8, 4) is 17.2 Å². The van der Waals surface area contributed by atoms with Gasteiger partial charge in [-0.05, 0) is 79.2 Å². The van der Waals surface area contributed by atoms with Gasteiger partial charge in [0.25, 0.3) is 0 Å². The maximum Gasteiger partial charge on any atom is 0.343 e. The van der Waals surface area contributed by atoms with Crippen LogP contribution in [0.25, 0.3) is 0 Å². The van der Waals surface area contributed by atoms with Crippen molar-refractivity contribution in [2.75, 3.05) is 19.0 Å². The largest absolute Gasteiger partial charge is 0.494 e. The molecule has 0 atom stereocenters. The molecule has 0 aliphatic carbocycles. The number of amides is 2. The highest BCUT2D eigenvalue weighted by atomic mass is 79.9. The van der Waals surface area contributed by atoms with E-state index in [1.807, 2.05) is 6.92 Å². The number of nitrogens with zero attached hydrogens (tertiary/aromatic N) is 1. The fourth-order valence-corrected chi connectivity index (χ4v) is 3.06. The van der Waals surface area contributed by atoms with E-state index in [-0.39, 0.29) is 11.5 Å². The molecule has 10 heteroatoms. The molecule has 0 bridgehead atoms. The van der Waals surface area contributed by atoms with Crippen molar-refractivity contribution >= 4 is 45.6 Å². The zero-order valence-corrected chi connectivity index (χ0v) is 20.5. The van der Waals surface area contributed by atoms with Gasteiger partial charge in [0.1, 0.15) is 5.75 Å². The zero-order valence-electron chi connectivity index (χ0n) is 18.9. The van der Waals surface area contributed by atoms with Crippen LogP contribution in [0.5, 0.6) is 17.2 Å². The van der Waals surface area contributed by atoms with Gasteiger partial charge in [-0.25, -0.2) is 10.2 Å². The Labute approximate surface area is 210 Å². The maximum atomic E-state index is 12.5. The van der Waals surface area contributed by atoms with E-state index < -0.39 is 17.8 Å². The Bertz CT molecular complexity index is 1230. The van der Waals surface area contributed by atoms with Crippen LogP contribution in [0.3, 0.4) is 0 Å². The van der Waals surface area contributed by atoms with E-state index in [4.69, 9.17) is 14.2 Å². The number of methoxy groups -OCH3 is 1. The first kappa shape index (κ1) is 25.4. The minimum Gasteiger partial charge on any atom is -0.494 e. The molecule has 3 rings (SSSR count). The van der Waals surface area contributed by atoms with Crippen molar-refractivity contribution in [3.63, 3.8) is 0 Å². The molecule has 0 aliphatic heterocycles. The summed E-state index contributed by atoms with van der Waals surface area (Å²) in [5.74, 6) is -1.20. The van der Waals surface area contributed by atoms with Crippen LogP contribution in [-0.2, 0) is 9.59 Å². The van der Waals surface area contributed by atoms with Crippen LogP contribution in [-0.4, -0.2) is 37.7 Å². The van der Waals surface area contributed by atoms with Crippen molar-refractivity contribution in [1.82, 2.24) is 5.43 Å². The van der Waals surface area contributed by atoms with Gasteiger partial charge in [0.15, 0.2) is 11.5 Å². The summed E-state index contributed by atoms with van der Waals surface area (Å²) in [7, 11) is 1.43. The third kappa shape index (κ3) is 7.41. The first-order chi connectivity index (χ1) is 16.9. The predicted molar refractivity (Wildman–Crippen MR) is 134 cm³/mol. The molecular formula is C25H22BrN3O6. The normalized spacial score (nSPS) is 10.5. The Morgan fingerprint density at radius 2 is 1.66 bits per heavy atom. The van der Waals surface area contributed by atoms with Crippen LogP contribution in [0.4, 0.5) is 5.69 Å². The number of benzene rings is 3. The van der Waals surface area contributed by atoms with Gasteiger partial charge in [0.05, 0.1) is 25.5 Å². The molecule has 3 aromatic carbocycles. The molecule has 0 saturated carbocycles. The highest BCUT2D eigenvalue weighted by molar-refractivity contribution is 9.10. The number of carbonyl (C=O) groups is 3. The summed E-state index contributed by atoms with van der Waals surface area (Å²) in [5, 5.41) is 6.25. The van der Waals surface area contributed by atoms with Gasteiger partial charge in [-0.3, -0.25) is 9.59 Å². The molecule has 2 amide bonds. The number of halogens is 1. The second-order valence-corrected chi connectivity index (χ2v) is 7.83. The summed E-state index contributed by atoms with van der Waals surface area (Å²) in [4.78, 5) is 36.4. The third-order valence-electron chi connectivity index (χ3n) is 4.48. The Morgan fingerprint density at radius 3 is 2.31 bits per heavy atom. The molecule has 0 aromatic heterocycles. The first-order valence-corrected chi connectivity index (χ1v) is 11.2. The minimum atomic E-state index is -0.933. The first-order valence-electron chi connectivity index (χ1n) is 10.4. The summed E-state index contributed by atoms with van der Waals surface area (Å²) < 4.78 is 17.0. The van der Waals surface area contributed by atoms with Crippen LogP contribution >= 0.6 is 15.9 Å². The average molecular weight is 540 g/mol. The fourth-order valence-electron chi connectivity index (χ4n) is 2.80. The topological polar surface area (TPSA) is 115 Å². The molecule has 0 fully saturated rings. The van der Waals surface area contributed by atoms with E-state index >= 15 is 0 Å². The van der Waals surface area contributed by atoms with Crippen molar-refractivity contribution in [1.29, 1.82) is 0 Å². The van der Waals surface area contributed by atoms with Gasteiger partial charge in [0, 0.05) is 10.2 Å². The number of hydrogen-bond acceptors (Lipinski definition) is 7. The molecule has 0 saturated heterocycles. The Morgan fingerprint density at radius 1 is 0.943 bits per heavy atom. The average Bonchev–Trinajstić information content (AvgIpc) is 2.86. The molecule has 3 aromatic rings. The number of hydrazone groups is 1. The fraction of sp³-hybridized carbons (Fsp3) is 0.120.